The topological polar surface area (TPSA) is 38.0 Å². The summed E-state index contributed by atoms with van der Waals surface area (Å²) >= 11 is 4.95. The van der Waals surface area contributed by atoms with E-state index < -0.39 is 6.10 Å². The van der Waals surface area contributed by atoms with Gasteiger partial charge in [-0.05, 0) is 34.3 Å². The summed E-state index contributed by atoms with van der Waals surface area (Å²) in [5, 5.41) is 16.2. The third kappa shape index (κ3) is 2.14. The van der Waals surface area contributed by atoms with E-state index in [1.54, 1.807) is 10.9 Å². The molecule has 1 atom stereocenters. The molecule has 0 aromatic carbocycles. The van der Waals surface area contributed by atoms with Crippen molar-refractivity contribution < 1.29 is 5.11 Å². The molecule has 1 unspecified atom stereocenters. The van der Waals surface area contributed by atoms with E-state index in [4.69, 9.17) is 0 Å². The number of aliphatic hydroxyl groups is 1. The molecule has 2 aromatic heterocycles. The molecular weight excluding hydrogens is 276 g/mol. The number of thiophene rings is 1. The van der Waals surface area contributed by atoms with Crippen molar-refractivity contribution in [1.82, 2.24) is 9.78 Å². The molecule has 3 nitrogen and oxygen atoms in total. The summed E-state index contributed by atoms with van der Waals surface area (Å²) in [6, 6.07) is 1.94. The summed E-state index contributed by atoms with van der Waals surface area (Å²) in [6.45, 7) is 2.84. The maximum Gasteiger partial charge on any atom is 0.117 e. The molecule has 5 heteroatoms. The fraction of sp³-hybridized carbons (Fsp3) is 0.300. The standard InChI is InChI=1S/C10H11BrN2OS/c1-2-13-6-7(5-12-13)9(14)10-8(11)3-4-15-10/h3-6,9,14H,2H2,1H3. The van der Waals surface area contributed by atoms with Crippen LogP contribution in [0.1, 0.15) is 23.5 Å². The van der Waals surface area contributed by atoms with Crippen molar-refractivity contribution in [2.45, 2.75) is 19.6 Å². The number of aliphatic hydroxyl groups excluding tert-OH is 1. The third-order valence-electron chi connectivity index (χ3n) is 2.19. The molecule has 1 N–H and O–H groups in total. The lowest BCUT2D eigenvalue weighted by Crippen LogP contribution is -1.97. The van der Waals surface area contributed by atoms with E-state index in [9.17, 15) is 5.11 Å². The summed E-state index contributed by atoms with van der Waals surface area (Å²) in [5.41, 5.74) is 0.833. The zero-order chi connectivity index (χ0) is 10.8. The first-order chi connectivity index (χ1) is 7.22. The Morgan fingerprint density at radius 3 is 3.00 bits per heavy atom. The van der Waals surface area contributed by atoms with E-state index in [0.717, 1.165) is 21.5 Å². The molecule has 0 saturated carbocycles. The SMILES string of the molecule is CCn1cc(C(O)c2sccc2Br)cn1. The highest BCUT2D eigenvalue weighted by Gasteiger charge is 2.16. The molecule has 2 aromatic rings. The van der Waals surface area contributed by atoms with Gasteiger partial charge in [0.2, 0.25) is 0 Å². The fourth-order valence-corrected chi connectivity index (χ4v) is 2.95. The average molecular weight is 287 g/mol. The van der Waals surface area contributed by atoms with Gasteiger partial charge in [0.15, 0.2) is 0 Å². The first-order valence-electron chi connectivity index (χ1n) is 4.65. The monoisotopic (exact) mass is 286 g/mol. The summed E-state index contributed by atoms with van der Waals surface area (Å²) in [6.07, 6.45) is 3.00. The second-order valence-electron chi connectivity index (χ2n) is 3.16. The first kappa shape index (κ1) is 10.9. The average Bonchev–Trinajstić information content (AvgIpc) is 2.84. The van der Waals surface area contributed by atoms with E-state index in [-0.39, 0.29) is 0 Å². The van der Waals surface area contributed by atoms with Crippen LogP contribution in [-0.4, -0.2) is 14.9 Å². The van der Waals surface area contributed by atoms with Gasteiger partial charge >= 0.3 is 0 Å². The zero-order valence-electron chi connectivity index (χ0n) is 8.22. The number of nitrogens with zero attached hydrogens (tertiary/aromatic N) is 2. The molecule has 0 aliphatic heterocycles. The van der Waals surface area contributed by atoms with Gasteiger partial charge in [-0.3, -0.25) is 4.68 Å². The third-order valence-corrected chi connectivity index (χ3v) is 4.11. The summed E-state index contributed by atoms with van der Waals surface area (Å²) in [5.74, 6) is 0. The van der Waals surface area contributed by atoms with Crippen molar-refractivity contribution in [2.24, 2.45) is 0 Å². The maximum atomic E-state index is 10.1. The minimum atomic E-state index is -0.584. The van der Waals surface area contributed by atoms with E-state index in [0.29, 0.717) is 0 Å². The summed E-state index contributed by atoms with van der Waals surface area (Å²) in [7, 11) is 0. The van der Waals surface area contributed by atoms with Gasteiger partial charge in [-0.1, -0.05) is 0 Å². The maximum absolute atomic E-state index is 10.1. The van der Waals surface area contributed by atoms with Crippen LogP contribution < -0.4 is 0 Å². The van der Waals surface area contributed by atoms with Gasteiger partial charge in [0.25, 0.3) is 0 Å². The molecule has 15 heavy (non-hydrogen) atoms. The Hall–Kier alpha value is -0.650. The number of halogens is 1. The Bertz CT molecular complexity index is 452. The zero-order valence-corrected chi connectivity index (χ0v) is 10.6. The highest BCUT2D eigenvalue weighted by Crippen LogP contribution is 2.32. The van der Waals surface area contributed by atoms with Crippen LogP contribution >= 0.6 is 27.3 Å². The fourth-order valence-electron chi connectivity index (χ4n) is 1.35. The van der Waals surface area contributed by atoms with Crippen molar-refractivity contribution in [1.29, 1.82) is 0 Å². The molecule has 0 aliphatic carbocycles. The lowest BCUT2D eigenvalue weighted by molar-refractivity contribution is 0.223. The van der Waals surface area contributed by atoms with Crippen molar-refractivity contribution in [3.8, 4) is 0 Å². The smallest absolute Gasteiger partial charge is 0.117 e. The van der Waals surface area contributed by atoms with Crippen LogP contribution in [0, 0.1) is 0 Å². The van der Waals surface area contributed by atoms with Gasteiger partial charge in [0, 0.05) is 22.8 Å². The van der Waals surface area contributed by atoms with Gasteiger partial charge in [0.1, 0.15) is 6.10 Å². The molecule has 0 radical (unpaired) electrons. The lowest BCUT2D eigenvalue weighted by atomic mass is 10.2. The number of aromatic nitrogens is 2. The molecule has 2 heterocycles. The molecular formula is C10H11BrN2OS. The molecule has 0 amide bonds. The number of hydrogen-bond donors (Lipinski definition) is 1. The Morgan fingerprint density at radius 2 is 2.47 bits per heavy atom. The number of hydrogen-bond acceptors (Lipinski definition) is 3. The van der Waals surface area contributed by atoms with Crippen LogP contribution in [0.3, 0.4) is 0 Å². The predicted octanol–water partition coefficient (Wildman–Crippen LogP) is 2.81. The predicted molar refractivity (Wildman–Crippen MR) is 64.0 cm³/mol. The largest absolute Gasteiger partial charge is 0.383 e. The molecule has 0 bridgehead atoms. The minimum Gasteiger partial charge on any atom is -0.383 e. The first-order valence-corrected chi connectivity index (χ1v) is 6.33. The Balaban J connectivity index is 2.28. The normalized spacial score (nSPS) is 13.0. The van der Waals surface area contributed by atoms with E-state index >= 15 is 0 Å². The number of aryl methyl sites for hydroxylation is 1. The van der Waals surface area contributed by atoms with Crippen LogP contribution in [0.4, 0.5) is 0 Å². The molecule has 0 aliphatic rings. The van der Waals surface area contributed by atoms with Crippen molar-refractivity contribution >= 4 is 27.3 Å². The van der Waals surface area contributed by atoms with Crippen LogP contribution in [0.25, 0.3) is 0 Å². The quantitative estimate of drug-likeness (QED) is 0.942. The molecule has 0 saturated heterocycles. The second-order valence-corrected chi connectivity index (χ2v) is 4.97. The minimum absolute atomic E-state index is 0.584. The highest BCUT2D eigenvalue weighted by molar-refractivity contribution is 9.10. The summed E-state index contributed by atoms with van der Waals surface area (Å²) in [4.78, 5) is 0.922. The van der Waals surface area contributed by atoms with Crippen LogP contribution in [0.5, 0.6) is 0 Å². The van der Waals surface area contributed by atoms with Crippen molar-refractivity contribution in [2.75, 3.05) is 0 Å². The molecule has 80 valence electrons. The van der Waals surface area contributed by atoms with Crippen molar-refractivity contribution in [3.05, 3.63) is 38.8 Å². The summed E-state index contributed by atoms with van der Waals surface area (Å²) < 4.78 is 2.75. The van der Waals surface area contributed by atoms with Gasteiger partial charge in [-0.25, -0.2) is 0 Å². The van der Waals surface area contributed by atoms with Crippen LogP contribution in [-0.2, 0) is 6.54 Å². The van der Waals surface area contributed by atoms with Gasteiger partial charge in [-0.2, -0.15) is 5.10 Å². The van der Waals surface area contributed by atoms with Crippen molar-refractivity contribution in [3.63, 3.8) is 0 Å². The molecule has 0 spiro atoms. The second kappa shape index (κ2) is 4.47. The van der Waals surface area contributed by atoms with Gasteiger partial charge in [-0.15, -0.1) is 11.3 Å². The Morgan fingerprint density at radius 1 is 1.67 bits per heavy atom. The molecule has 2 rings (SSSR count). The van der Waals surface area contributed by atoms with Crippen LogP contribution in [0.2, 0.25) is 0 Å². The Labute approximate surface area is 100 Å². The van der Waals surface area contributed by atoms with Gasteiger partial charge in [0.05, 0.1) is 11.1 Å². The van der Waals surface area contributed by atoms with E-state index in [1.807, 2.05) is 24.6 Å². The lowest BCUT2D eigenvalue weighted by Gasteiger charge is -2.06. The number of rotatable bonds is 3. The molecule has 0 fully saturated rings. The Kier molecular flexibility index (Phi) is 3.23. The van der Waals surface area contributed by atoms with E-state index in [2.05, 4.69) is 21.0 Å². The highest BCUT2D eigenvalue weighted by atomic mass is 79.9. The van der Waals surface area contributed by atoms with E-state index in [1.165, 1.54) is 11.3 Å². The van der Waals surface area contributed by atoms with Crippen LogP contribution in [0.15, 0.2) is 28.3 Å². The van der Waals surface area contributed by atoms with Gasteiger partial charge < -0.3 is 5.11 Å².